The lowest BCUT2D eigenvalue weighted by Gasteiger charge is -2.36. The number of nitrogens with zero attached hydrogens (tertiary/aromatic N) is 5. The molecule has 1 aromatic carbocycles. The molecule has 10 heteroatoms. The highest BCUT2D eigenvalue weighted by Crippen LogP contribution is 2.18. The smallest absolute Gasteiger partial charge is 0.273 e. The molecule has 156 valence electrons. The Labute approximate surface area is 169 Å². The Balaban J connectivity index is 1.71. The number of ether oxygens (including phenoxy) is 1. The van der Waals surface area contributed by atoms with Crippen LogP contribution in [0.4, 0.5) is 5.69 Å². The number of morpholine rings is 1. The van der Waals surface area contributed by atoms with E-state index in [1.54, 1.807) is 19.1 Å². The van der Waals surface area contributed by atoms with Crippen LogP contribution in [0.1, 0.15) is 30.0 Å². The normalized spacial score (nSPS) is 16.0. The Kier molecular flexibility index (Phi) is 6.55. The van der Waals surface area contributed by atoms with E-state index >= 15 is 0 Å². The summed E-state index contributed by atoms with van der Waals surface area (Å²) in [5, 5.41) is 22.0. The Morgan fingerprint density at radius 3 is 2.72 bits per heavy atom. The number of carbonyl (C=O) groups excluding carboxylic acids is 1. The van der Waals surface area contributed by atoms with Gasteiger partial charge >= 0.3 is 0 Å². The zero-order valence-corrected chi connectivity index (χ0v) is 16.9. The third-order valence-electron chi connectivity index (χ3n) is 5.15. The number of nitrogens with one attached hydrogen (secondary N) is 1. The fraction of sp³-hybridized carbons (Fsp3) is 0.526. The SMILES string of the molecule is Cc1c(C(=O)NCC(C(C)C)N2CCOCC2)nnn1-c1cccc([N+](=O)[O-])c1. The van der Waals surface area contributed by atoms with Crippen LogP contribution in [0, 0.1) is 23.0 Å². The molecule has 1 unspecified atom stereocenters. The van der Waals surface area contributed by atoms with Crippen LogP contribution in [0.15, 0.2) is 24.3 Å². The van der Waals surface area contributed by atoms with Crippen molar-refractivity contribution in [3.63, 3.8) is 0 Å². The Hall–Kier alpha value is -2.85. The monoisotopic (exact) mass is 402 g/mol. The van der Waals surface area contributed by atoms with Crippen LogP contribution in [0.2, 0.25) is 0 Å². The van der Waals surface area contributed by atoms with Gasteiger partial charge in [0.1, 0.15) is 0 Å². The molecule has 0 radical (unpaired) electrons. The molecule has 1 aromatic heterocycles. The summed E-state index contributed by atoms with van der Waals surface area (Å²) in [5.74, 6) is 0.0631. The van der Waals surface area contributed by atoms with Crippen LogP contribution in [0.5, 0.6) is 0 Å². The van der Waals surface area contributed by atoms with E-state index < -0.39 is 4.92 Å². The molecule has 1 amide bonds. The van der Waals surface area contributed by atoms with Crippen LogP contribution >= 0.6 is 0 Å². The summed E-state index contributed by atoms with van der Waals surface area (Å²) in [7, 11) is 0. The first-order valence-corrected chi connectivity index (χ1v) is 9.65. The highest BCUT2D eigenvalue weighted by atomic mass is 16.6. The molecule has 1 aliphatic heterocycles. The Morgan fingerprint density at radius 1 is 1.34 bits per heavy atom. The van der Waals surface area contributed by atoms with E-state index in [4.69, 9.17) is 4.74 Å². The minimum absolute atomic E-state index is 0.0475. The molecule has 2 aromatic rings. The van der Waals surface area contributed by atoms with Gasteiger partial charge in [0.15, 0.2) is 5.69 Å². The number of amides is 1. The summed E-state index contributed by atoms with van der Waals surface area (Å²) in [4.78, 5) is 25.6. The molecular weight excluding hydrogens is 376 g/mol. The van der Waals surface area contributed by atoms with Crippen molar-refractivity contribution in [2.24, 2.45) is 5.92 Å². The van der Waals surface area contributed by atoms with Gasteiger partial charge in [0.05, 0.1) is 29.5 Å². The zero-order chi connectivity index (χ0) is 21.0. The van der Waals surface area contributed by atoms with Crippen LogP contribution in [-0.4, -0.2) is 69.6 Å². The first-order valence-electron chi connectivity index (χ1n) is 9.65. The molecule has 1 aliphatic rings. The van der Waals surface area contributed by atoms with Crippen molar-refractivity contribution in [2.45, 2.75) is 26.8 Å². The lowest BCUT2D eigenvalue weighted by molar-refractivity contribution is -0.384. The number of rotatable bonds is 7. The molecular formula is C19H26N6O4. The van der Waals surface area contributed by atoms with Crippen molar-refractivity contribution in [3.8, 4) is 5.69 Å². The molecule has 3 rings (SSSR count). The molecule has 1 N–H and O–H groups in total. The molecule has 0 aliphatic carbocycles. The molecule has 29 heavy (non-hydrogen) atoms. The largest absolute Gasteiger partial charge is 0.379 e. The predicted molar refractivity (Wildman–Crippen MR) is 106 cm³/mol. The second-order valence-corrected chi connectivity index (χ2v) is 7.38. The first-order chi connectivity index (χ1) is 13.9. The van der Waals surface area contributed by atoms with E-state index in [9.17, 15) is 14.9 Å². The number of benzene rings is 1. The molecule has 2 heterocycles. The number of carbonyl (C=O) groups is 1. The van der Waals surface area contributed by atoms with Gasteiger partial charge in [-0.15, -0.1) is 5.10 Å². The van der Waals surface area contributed by atoms with Gasteiger partial charge in [-0.3, -0.25) is 19.8 Å². The van der Waals surface area contributed by atoms with Crippen LogP contribution in [0.25, 0.3) is 5.69 Å². The van der Waals surface area contributed by atoms with Crippen LogP contribution in [0.3, 0.4) is 0 Å². The summed E-state index contributed by atoms with van der Waals surface area (Å²) >= 11 is 0. The minimum Gasteiger partial charge on any atom is -0.379 e. The van der Waals surface area contributed by atoms with Gasteiger partial charge in [-0.25, -0.2) is 4.68 Å². The lowest BCUT2D eigenvalue weighted by atomic mass is 10.0. The van der Waals surface area contributed by atoms with Gasteiger partial charge in [-0.2, -0.15) is 0 Å². The fourth-order valence-corrected chi connectivity index (χ4v) is 3.50. The number of aromatic nitrogens is 3. The van der Waals surface area contributed by atoms with E-state index in [0.29, 0.717) is 37.1 Å². The fourth-order valence-electron chi connectivity index (χ4n) is 3.50. The maximum Gasteiger partial charge on any atom is 0.273 e. The topological polar surface area (TPSA) is 115 Å². The van der Waals surface area contributed by atoms with Crippen molar-refractivity contribution in [1.82, 2.24) is 25.2 Å². The second kappa shape index (κ2) is 9.10. The molecule has 1 saturated heterocycles. The van der Waals surface area contributed by atoms with Crippen molar-refractivity contribution in [2.75, 3.05) is 32.8 Å². The predicted octanol–water partition coefficient (Wildman–Crippen LogP) is 1.57. The molecule has 10 nitrogen and oxygen atoms in total. The summed E-state index contributed by atoms with van der Waals surface area (Å²) in [6.45, 7) is 9.59. The van der Waals surface area contributed by atoms with Gasteiger partial charge < -0.3 is 10.1 Å². The van der Waals surface area contributed by atoms with E-state index in [2.05, 4.69) is 34.4 Å². The van der Waals surface area contributed by atoms with E-state index in [1.165, 1.54) is 16.8 Å². The highest BCUT2D eigenvalue weighted by Gasteiger charge is 2.25. The number of hydrogen-bond acceptors (Lipinski definition) is 7. The molecule has 0 saturated carbocycles. The maximum atomic E-state index is 12.7. The molecule has 0 spiro atoms. The average Bonchev–Trinajstić information content (AvgIpc) is 3.10. The van der Waals surface area contributed by atoms with Crippen molar-refractivity contribution in [1.29, 1.82) is 0 Å². The third-order valence-corrected chi connectivity index (χ3v) is 5.15. The van der Waals surface area contributed by atoms with Gasteiger partial charge in [0.2, 0.25) is 0 Å². The van der Waals surface area contributed by atoms with E-state index in [1.807, 2.05) is 0 Å². The van der Waals surface area contributed by atoms with Gasteiger partial charge in [-0.05, 0) is 18.9 Å². The second-order valence-electron chi connectivity index (χ2n) is 7.38. The van der Waals surface area contributed by atoms with Crippen LogP contribution < -0.4 is 5.32 Å². The molecule has 1 fully saturated rings. The number of hydrogen-bond donors (Lipinski definition) is 1. The number of non-ortho nitro benzene ring substituents is 1. The maximum absolute atomic E-state index is 12.7. The quantitative estimate of drug-likeness (QED) is 0.552. The van der Waals surface area contributed by atoms with Gasteiger partial charge in [-0.1, -0.05) is 25.1 Å². The van der Waals surface area contributed by atoms with Crippen molar-refractivity contribution in [3.05, 3.63) is 45.8 Å². The van der Waals surface area contributed by atoms with E-state index in [0.717, 1.165) is 13.1 Å². The summed E-state index contributed by atoms with van der Waals surface area (Å²) in [6.07, 6.45) is 0. The summed E-state index contributed by atoms with van der Waals surface area (Å²) < 4.78 is 6.85. The van der Waals surface area contributed by atoms with Gasteiger partial charge in [0, 0.05) is 37.8 Å². The van der Waals surface area contributed by atoms with Gasteiger partial charge in [0.25, 0.3) is 11.6 Å². The first kappa shape index (κ1) is 20.9. The van der Waals surface area contributed by atoms with E-state index in [-0.39, 0.29) is 23.3 Å². The Morgan fingerprint density at radius 2 is 2.07 bits per heavy atom. The zero-order valence-electron chi connectivity index (χ0n) is 16.9. The number of nitro groups is 1. The van der Waals surface area contributed by atoms with Crippen LogP contribution in [-0.2, 0) is 4.74 Å². The summed E-state index contributed by atoms with van der Waals surface area (Å²) in [6, 6.07) is 6.26. The highest BCUT2D eigenvalue weighted by molar-refractivity contribution is 5.93. The minimum atomic E-state index is -0.471. The molecule has 1 atom stereocenters. The Bertz CT molecular complexity index is 875. The number of nitro benzene ring substituents is 1. The average molecular weight is 402 g/mol. The molecule has 0 bridgehead atoms. The van der Waals surface area contributed by atoms with Crippen molar-refractivity contribution >= 4 is 11.6 Å². The standard InChI is InChI=1S/C19H26N6O4/c1-13(2)17(23-7-9-29-10-8-23)12-20-19(26)18-14(3)24(22-21-18)15-5-4-6-16(11-15)25(27)28/h4-6,11,13,17H,7-10,12H2,1-3H3,(H,20,26). The lowest BCUT2D eigenvalue weighted by Crippen LogP contribution is -2.51. The third kappa shape index (κ3) is 4.77. The van der Waals surface area contributed by atoms with Crippen molar-refractivity contribution < 1.29 is 14.5 Å². The summed E-state index contributed by atoms with van der Waals surface area (Å²) in [5.41, 5.74) is 1.17.